The number of ketones is 1. The van der Waals surface area contributed by atoms with Gasteiger partial charge in [-0.3, -0.25) is 4.79 Å². The molecule has 3 rings (SSSR count). The van der Waals surface area contributed by atoms with Crippen LogP contribution in [0.3, 0.4) is 0 Å². The zero-order valence-electron chi connectivity index (χ0n) is 14.5. The highest BCUT2D eigenvalue weighted by Gasteiger charge is 2.15. The van der Waals surface area contributed by atoms with Crippen LogP contribution in [0.25, 0.3) is 0 Å². The fourth-order valence-electron chi connectivity index (χ4n) is 2.17. The van der Waals surface area contributed by atoms with Crippen LogP contribution in [0.1, 0.15) is 31.4 Å². The van der Waals surface area contributed by atoms with Crippen LogP contribution in [0.5, 0.6) is 5.75 Å². The summed E-state index contributed by atoms with van der Waals surface area (Å²) < 4.78 is 10.7. The van der Waals surface area contributed by atoms with E-state index in [1.807, 2.05) is 31.2 Å². The Morgan fingerprint density at radius 1 is 1.07 bits per heavy atom. The lowest BCUT2D eigenvalue weighted by molar-refractivity contribution is 0.0469. The van der Waals surface area contributed by atoms with Crippen LogP contribution in [-0.2, 0) is 11.3 Å². The van der Waals surface area contributed by atoms with Crippen LogP contribution < -0.4 is 4.74 Å². The maximum absolute atomic E-state index is 12.1. The number of ether oxygens (including phenoxy) is 2. The van der Waals surface area contributed by atoms with Crippen LogP contribution >= 0.6 is 22.9 Å². The number of carbonyl (C=O) groups is 2. The fraction of sp³-hybridized carbons (Fsp3) is 0.150. The first-order valence-electron chi connectivity index (χ1n) is 8.11. The highest BCUT2D eigenvalue weighted by Crippen LogP contribution is 2.17. The number of thiazole rings is 1. The third-order valence-corrected chi connectivity index (χ3v) is 4.72. The Bertz CT molecular complexity index is 935. The SMILES string of the molecule is Cc1ccc(OCc2nc(C(=O)OCC(=O)c3ccc(Cl)cc3)cs2)cc1. The highest BCUT2D eigenvalue weighted by atomic mass is 35.5. The maximum atomic E-state index is 12.1. The van der Waals surface area contributed by atoms with E-state index in [0.717, 1.165) is 11.3 Å². The number of Topliss-reactive ketones (excluding diaryl/α,β-unsaturated/α-hetero) is 1. The minimum atomic E-state index is -0.643. The molecule has 0 N–H and O–H groups in total. The topological polar surface area (TPSA) is 65.5 Å². The second kappa shape index (κ2) is 8.79. The smallest absolute Gasteiger partial charge is 0.358 e. The monoisotopic (exact) mass is 401 g/mol. The van der Waals surface area contributed by atoms with Gasteiger partial charge < -0.3 is 9.47 Å². The second-order valence-electron chi connectivity index (χ2n) is 5.73. The number of aromatic nitrogens is 1. The Morgan fingerprint density at radius 3 is 2.48 bits per heavy atom. The van der Waals surface area contributed by atoms with Gasteiger partial charge in [-0.1, -0.05) is 29.3 Å². The number of carbonyl (C=O) groups excluding carboxylic acids is 2. The summed E-state index contributed by atoms with van der Waals surface area (Å²) in [6.45, 7) is 1.90. The van der Waals surface area contributed by atoms with E-state index in [1.54, 1.807) is 29.6 Å². The van der Waals surface area contributed by atoms with Crippen molar-refractivity contribution in [3.8, 4) is 5.75 Å². The van der Waals surface area contributed by atoms with E-state index in [-0.39, 0.29) is 24.7 Å². The minimum Gasteiger partial charge on any atom is -0.486 e. The van der Waals surface area contributed by atoms with Crippen molar-refractivity contribution in [2.45, 2.75) is 13.5 Å². The van der Waals surface area contributed by atoms with Crippen LogP contribution in [0.15, 0.2) is 53.9 Å². The first kappa shape index (κ1) is 19.1. The summed E-state index contributed by atoms with van der Waals surface area (Å²) in [6, 6.07) is 14.1. The molecule has 3 aromatic rings. The summed E-state index contributed by atoms with van der Waals surface area (Å²) in [6.07, 6.45) is 0. The normalized spacial score (nSPS) is 10.4. The Morgan fingerprint density at radius 2 is 1.78 bits per heavy atom. The van der Waals surface area contributed by atoms with Gasteiger partial charge in [0.2, 0.25) is 0 Å². The number of esters is 1. The van der Waals surface area contributed by atoms with Crippen LogP contribution in [0, 0.1) is 6.92 Å². The molecule has 27 heavy (non-hydrogen) atoms. The molecular formula is C20H16ClNO4S. The number of nitrogens with zero attached hydrogens (tertiary/aromatic N) is 1. The molecule has 0 unspecified atom stereocenters. The molecule has 0 atom stereocenters. The van der Waals surface area contributed by atoms with Gasteiger partial charge in [0.05, 0.1) is 0 Å². The van der Waals surface area contributed by atoms with Gasteiger partial charge in [0.1, 0.15) is 17.4 Å². The van der Waals surface area contributed by atoms with Crippen molar-refractivity contribution in [3.63, 3.8) is 0 Å². The van der Waals surface area contributed by atoms with Gasteiger partial charge in [-0.2, -0.15) is 0 Å². The molecular weight excluding hydrogens is 386 g/mol. The molecule has 0 aliphatic heterocycles. The lowest BCUT2D eigenvalue weighted by Crippen LogP contribution is -2.14. The van der Waals surface area contributed by atoms with Crippen molar-refractivity contribution in [1.29, 1.82) is 0 Å². The number of aryl methyl sites for hydroxylation is 1. The van der Waals surface area contributed by atoms with E-state index >= 15 is 0 Å². The molecule has 0 saturated carbocycles. The van der Waals surface area contributed by atoms with E-state index in [2.05, 4.69) is 4.98 Å². The largest absolute Gasteiger partial charge is 0.486 e. The number of benzene rings is 2. The minimum absolute atomic E-state index is 0.159. The quantitative estimate of drug-likeness (QED) is 0.423. The number of halogens is 1. The third kappa shape index (κ3) is 5.39. The maximum Gasteiger partial charge on any atom is 0.358 e. The Labute approximate surface area is 165 Å². The van der Waals surface area contributed by atoms with Crippen molar-refractivity contribution in [2.24, 2.45) is 0 Å². The number of hydrogen-bond donors (Lipinski definition) is 0. The molecule has 0 saturated heterocycles. The zero-order chi connectivity index (χ0) is 19.2. The Kier molecular flexibility index (Phi) is 6.21. The van der Waals surface area contributed by atoms with Crippen LogP contribution in [-0.4, -0.2) is 23.3 Å². The van der Waals surface area contributed by atoms with E-state index in [4.69, 9.17) is 21.1 Å². The summed E-state index contributed by atoms with van der Waals surface area (Å²) in [4.78, 5) is 28.3. The van der Waals surface area contributed by atoms with Crippen molar-refractivity contribution in [1.82, 2.24) is 4.98 Å². The predicted molar refractivity (Wildman–Crippen MR) is 104 cm³/mol. The summed E-state index contributed by atoms with van der Waals surface area (Å²) in [7, 11) is 0. The van der Waals surface area contributed by atoms with Crippen LogP contribution in [0.4, 0.5) is 0 Å². The average molecular weight is 402 g/mol. The third-order valence-electron chi connectivity index (χ3n) is 3.64. The van der Waals surface area contributed by atoms with Gasteiger partial charge in [-0.25, -0.2) is 9.78 Å². The molecule has 0 spiro atoms. The first-order valence-corrected chi connectivity index (χ1v) is 9.37. The summed E-state index contributed by atoms with van der Waals surface area (Å²) in [5, 5.41) is 2.76. The molecule has 0 fully saturated rings. The molecule has 138 valence electrons. The molecule has 1 heterocycles. The van der Waals surface area contributed by atoms with Gasteiger partial charge in [0, 0.05) is 16.0 Å². The van der Waals surface area contributed by atoms with Crippen molar-refractivity contribution in [2.75, 3.05) is 6.61 Å². The van der Waals surface area contributed by atoms with Crippen molar-refractivity contribution < 1.29 is 19.1 Å². The van der Waals surface area contributed by atoms with Crippen molar-refractivity contribution >= 4 is 34.7 Å². The first-order chi connectivity index (χ1) is 13.0. The molecule has 1 aromatic heterocycles. The Hall–Kier alpha value is -2.70. The predicted octanol–water partition coefficient (Wildman–Crippen LogP) is 4.72. The molecule has 0 radical (unpaired) electrons. The summed E-state index contributed by atoms with van der Waals surface area (Å²) >= 11 is 7.08. The fourth-order valence-corrected chi connectivity index (χ4v) is 2.98. The molecule has 0 amide bonds. The van der Waals surface area contributed by atoms with Gasteiger partial charge in [-0.05, 0) is 43.3 Å². The summed E-state index contributed by atoms with van der Waals surface area (Å²) in [5.74, 6) is -0.221. The summed E-state index contributed by atoms with van der Waals surface area (Å²) in [5.41, 5.74) is 1.74. The standard InChI is InChI=1S/C20H16ClNO4S/c1-13-2-8-16(9-3-13)25-11-19-22-17(12-27-19)20(24)26-10-18(23)14-4-6-15(21)7-5-14/h2-9,12H,10-11H2,1H3. The van der Waals surface area contributed by atoms with E-state index < -0.39 is 5.97 Å². The van der Waals surface area contributed by atoms with Gasteiger partial charge in [0.25, 0.3) is 0 Å². The highest BCUT2D eigenvalue weighted by molar-refractivity contribution is 7.09. The van der Waals surface area contributed by atoms with Gasteiger partial charge in [0.15, 0.2) is 18.1 Å². The lowest BCUT2D eigenvalue weighted by atomic mass is 10.1. The average Bonchev–Trinajstić information content (AvgIpc) is 3.15. The molecule has 7 heteroatoms. The van der Waals surface area contributed by atoms with E-state index in [0.29, 0.717) is 15.6 Å². The van der Waals surface area contributed by atoms with Crippen molar-refractivity contribution in [3.05, 3.63) is 80.8 Å². The Balaban J connectivity index is 1.51. The zero-order valence-corrected chi connectivity index (χ0v) is 16.0. The number of rotatable bonds is 7. The second-order valence-corrected chi connectivity index (χ2v) is 7.11. The molecule has 2 aromatic carbocycles. The van der Waals surface area contributed by atoms with E-state index in [9.17, 15) is 9.59 Å². The molecule has 0 aliphatic rings. The number of hydrogen-bond acceptors (Lipinski definition) is 6. The molecule has 5 nitrogen and oxygen atoms in total. The van der Waals surface area contributed by atoms with Gasteiger partial charge >= 0.3 is 5.97 Å². The van der Waals surface area contributed by atoms with E-state index in [1.165, 1.54) is 11.3 Å². The van der Waals surface area contributed by atoms with Crippen LogP contribution in [0.2, 0.25) is 5.02 Å². The van der Waals surface area contributed by atoms with Gasteiger partial charge in [-0.15, -0.1) is 11.3 Å². The lowest BCUT2D eigenvalue weighted by Gasteiger charge is -2.04. The molecule has 0 aliphatic carbocycles. The molecule has 0 bridgehead atoms.